The van der Waals surface area contributed by atoms with Gasteiger partial charge in [0.05, 0.1) is 35.9 Å². The van der Waals surface area contributed by atoms with Gasteiger partial charge in [0, 0.05) is 29.5 Å². The summed E-state index contributed by atoms with van der Waals surface area (Å²) in [7, 11) is 0. The third-order valence-electron chi connectivity index (χ3n) is 8.42. The number of aliphatic imine (C=N–C) groups is 1. The number of fused-ring (bicyclic) bond motifs is 1. The predicted molar refractivity (Wildman–Crippen MR) is 156 cm³/mol. The van der Waals surface area contributed by atoms with E-state index in [1.807, 2.05) is 32.0 Å². The number of halogens is 3. The Balaban J connectivity index is 1.29. The highest BCUT2D eigenvalue weighted by atomic mass is 19.1. The largest absolute Gasteiger partial charge is 0.481 e. The summed E-state index contributed by atoms with van der Waals surface area (Å²) in [6, 6.07) is 14.3. The van der Waals surface area contributed by atoms with Gasteiger partial charge in [0.1, 0.15) is 17.4 Å². The summed E-state index contributed by atoms with van der Waals surface area (Å²) < 4.78 is 56.7. The van der Waals surface area contributed by atoms with Crippen molar-refractivity contribution in [3.05, 3.63) is 94.9 Å². The number of hydrogen-bond acceptors (Lipinski definition) is 5. The molecule has 1 saturated heterocycles. The average Bonchev–Trinajstić information content (AvgIpc) is 3.65. The molecule has 0 saturated carbocycles. The number of aromatic nitrogens is 1. The molecule has 3 atom stereocenters. The average molecular weight is 592 g/mol. The van der Waals surface area contributed by atoms with E-state index in [-0.39, 0.29) is 41.4 Å². The van der Waals surface area contributed by atoms with Crippen molar-refractivity contribution in [3.8, 4) is 11.5 Å². The van der Waals surface area contributed by atoms with E-state index in [4.69, 9.17) is 9.47 Å². The van der Waals surface area contributed by atoms with Gasteiger partial charge in [-0.1, -0.05) is 24.3 Å². The van der Waals surface area contributed by atoms with Gasteiger partial charge in [-0.05, 0) is 68.5 Å². The van der Waals surface area contributed by atoms with Crippen LogP contribution in [0.3, 0.4) is 0 Å². The quantitative estimate of drug-likeness (QED) is 0.214. The molecular formula is C33H32F3N3O4. The summed E-state index contributed by atoms with van der Waals surface area (Å²) in [6.07, 6.45) is 3.23. The van der Waals surface area contributed by atoms with Crippen molar-refractivity contribution in [2.45, 2.75) is 63.2 Å². The molecule has 6 rings (SSSR count). The minimum Gasteiger partial charge on any atom is -0.481 e. The molecule has 224 valence electrons. The Bertz CT molecular complexity index is 1710. The number of carbonyl (C=O) groups is 1. The van der Waals surface area contributed by atoms with E-state index in [0.29, 0.717) is 37.2 Å². The number of hydrogen-bond donors (Lipinski definition) is 3. The first kappa shape index (κ1) is 28.8. The van der Waals surface area contributed by atoms with Crippen molar-refractivity contribution >= 4 is 22.7 Å². The van der Waals surface area contributed by atoms with Gasteiger partial charge in [-0.3, -0.25) is 9.79 Å². The molecule has 3 heterocycles. The predicted octanol–water partition coefficient (Wildman–Crippen LogP) is 6.64. The number of ether oxygens (including phenoxy) is 2. The molecule has 0 spiro atoms. The summed E-state index contributed by atoms with van der Waals surface area (Å²) in [5.74, 6) is -3.34. The second-order valence-electron chi connectivity index (χ2n) is 11.5. The highest BCUT2D eigenvalue weighted by Gasteiger charge is 2.48. The molecule has 0 amide bonds. The van der Waals surface area contributed by atoms with Crippen molar-refractivity contribution in [3.63, 3.8) is 0 Å². The maximum atomic E-state index is 15.2. The fraction of sp³-hybridized carbons (Fsp3) is 0.333. The van der Waals surface area contributed by atoms with Gasteiger partial charge in [0.15, 0.2) is 17.4 Å². The SMILES string of the molecule is CC1CC(c2cccc(CCC(=O)O)c2)(C2CN=C(c3cc(Oc4c(F)cc5[nH]ccc5c4F)ccc3F)N2)CC(C)O1. The molecular weight excluding hydrogens is 559 g/mol. The van der Waals surface area contributed by atoms with Crippen LogP contribution in [0.1, 0.15) is 49.8 Å². The Hall–Kier alpha value is -4.31. The number of aliphatic carboxylic acids is 1. The molecule has 10 heteroatoms. The molecule has 1 aromatic heterocycles. The number of nitrogens with one attached hydrogen (secondary N) is 2. The Morgan fingerprint density at radius 3 is 2.63 bits per heavy atom. The Labute approximate surface area is 246 Å². The lowest BCUT2D eigenvalue weighted by Crippen LogP contribution is -2.55. The number of H-pyrrole nitrogens is 1. The van der Waals surface area contributed by atoms with E-state index in [0.717, 1.165) is 17.2 Å². The van der Waals surface area contributed by atoms with E-state index in [1.54, 1.807) is 0 Å². The van der Waals surface area contributed by atoms with Crippen LogP contribution in [0.25, 0.3) is 10.9 Å². The molecule has 2 aliphatic rings. The van der Waals surface area contributed by atoms with Crippen LogP contribution in [0.2, 0.25) is 0 Å². The molecule has 43 heavy (non-hydrogen) atoms. The standard InChI is InChI=1S/C33H32F3N3O4/c1-18-15-33(16-19(2)42-18,21-5-3-4-20(12-21)6-9-29(40)41)28-17-38-32(39-28)24-13-22(7-8-25(24)34)43-31-26(35)14-27-23(30(31)36)10-11-37-27/h3-5,7-8,10-14,18-19,28,37H,6,9,15-17H2,1-2H3,(H,38,39)(H,40,41). The van der Waals surface area contributed by atoms with Gasteiger partial charge in [-0.2, -0.15) is 0 Å². The first-order valence-corrected chi connectivity index (χ1v) is 14.3. The summed E-state index contributed by atoms with van der Waals surface area (Å²) in [4.78, 5) is 18.6. The minimum absolute atomic E-state index is 0.0336. The van der Waals surface area contributed by atoms with Gasteiger partial charge in [0.25, 0.3) is 0 Å². The molecule has 2 aliphatic heterocycles. The summed E-state index contributed by atoms with van der Waals surface area (Å²) in [6.45, 7) is 4.42. The fourth-order valence-electron chi connectivity index (χ4n) is 6.60. The first-order chi connectivity index (χ1) is 20.6. The maximum Gasteiger partial charge on any atom is 0.303 e. The van der Waals surface area contributed by atoms with Crippen LogP contribution >= 0.6 is 0 Å². The van der Waals surface area contributed by atoms with E-state index in [9.17, 15) is 14.3 Å². The second kappa shape index (κ2) is 11.4. The van der Waals surface area contributed by atoms with E-state index >= 15 is 8.78 Å². The molecule has 0 radical (unpaired) electrons. The van der Waals surface area contributed by atoms with Gasteiger partial charge in [-0.15, -0.1) is 0 Å². The molecule has 7 nitrogen and oxygen atoms in total. The van der Waals surface area contributed by atoms with Crippen LogP contribution in [0, 0.1) is 17.5 Å². The summed E-state index contributed by atoms with van der Waals surface area (Å²) in [5.41, 5.74) is 1.98. The van der Waals surface area contributed by atoms with Crippen molar-refractivity contribution in [1.29, 1.82) is 0 Å². The molecule has 3 aromatic carbocycles. The molecule has 0 bridgehead atoms. The molecule has 0 aliphatic carbocycles. The van der Waals surface area contributed by atoms with Gasteiger partial charge in [-0.25, -0.2) is 13.2 Å². The number of nitrogens with zero attached hydrogens (tertiary/aromatic N) is 1. The van der Waals surface area contributed by atoms with Gasteiger partial charge in [0.2, 0.25) is 0 Å². The number of carboxylic acids is 1. The minimum atomic E-state index is -0.884. The van der Waals surface area contributed by atoms with Crippen molar-refractivity contribution < 1.29 is 32.5 Å². The first-order valence-electron chi connectivity index (χ1n) is 14.3. The number of benzene rings is 3. The lowest BCUT2D eigenvalue weighted by atomic mass is 9.65. The monoisotopic (exact) mass is 591 g/mol. The number of aromatic amines is 1. The molecule has 3 unspecified atom stereocenters. The fourth-order valence-corrected chi connectivity index (χ4v) is 6.60. The number of aryl methyl sites for hydroxylation is 1. The van der Waals surface area contributed by atoms with Crippen LogP contribution in [-0.4, -0.2) is 46.7 Å². The number of amidine groups is 1. The van der Waals surface area contributed by atoms with Crippen LogP contribution < -0.4 is 10.1 Å². The van der Waals surface area contributed by atoms with Crippen LogP contribution in [0.4, 0.5) is 13.2 Å². The van der Waals surface area contributed by atoms with E-state index < -0.39 is 34.6 Å². The normalized spacial score (nSPS) is 23.7. The zero-order chi connectivity index (χ0) is 30.3. The lowest BCUT2D eigenvalue weighted by Gasteiger charge is -2.47. The van der Waals surface area contributed by atoms with E-state index in [1.165, 1.54) is 30.5 Å². The summed E-state index contributed by atoms with van der Waals surface area (Å²) >= 11 is 0. The smallest absolute Gasteiger partial charge is 0.303 e. The van der Waals surface area contributed by atoms with Crippen molar-refractivity contribution in [2.24, 2.45) is 4.99 Å². The molecule has 4 aromatic rings. The van der Waals surface area contributed by atoms with E-state index in [2.05, 4.69) is 21.4 Å². The van der Waals surface area contributed by atoms with Crippen molar-refractivity contribution in [2.75, 3.05) is 6.54 Å². The van der Waals surface area contributed by atoms with Crippen LogP contribution in [-0.2, 0) is 21.4 Å². The summed E-state index contributed by atoms with van der Waals surface area (Å²) in [5, 5.41) is 12.8. The number of rotatable bonds is 8. The Morgan fingerprint density at radius 1 is 1.07 bits per heavy atom. The highest BCUT2D eigenvalue weighted by Crippen LogP contribution is 2.44. The zero-order valence-electron chi connectivity index (χ0n) is 23.8. The third-order valence-corrected chi connectivity index (χ3v) is 8.42. The Kier molecular flexibility index (Phi) is 7.64. The van der Waals surface area contributed by atoms with Crippen LogP contribution in [0.5, 0.6) is 11.5 Å². The highest BCUT2D eigenvalue weighted by molar-refractivity contribution is 6.00. The second-order valence-corrected chi connectivity index (χ2v) is 11.5. The third kappa shape index (κ3) is 5.59. The zero-order valence-corrected chi connectivity index (χ0v) is 23.8. The molecule has 1 fully saturated rings. The number of carboxylic acid groups (broad SMARTS) is 1. The molecule has 3 N–H and O–H groups in total. The lowest BCUT2D eigenvalue weighted by molar-refractivity contribution is -0.136. The maximum absolute atomic E-state index is 15.2. The van der Waals surface area contributed by atoms with Crippen molar-refractivity contribution in [1.82, 2.24) is 10.3 Å². The van der Waals surface area contributed by atoms with Crippen LogP contribution in [0.15, 0.2) is 65.8 Å². The van der Waals surface area contributed by atoms with Gasteiger partial charge >= 0.3 is 5.97 Å². The Morgan fingerprint density at radius 2 is 1.86 bits per heavy atom. The topological polar surface area (TPSA) is 95.9 Å². The van der Waals surface area contributed by atoms with Gasteiger partial charge < -0.3 is 24.9 Å².